The molecule has 0 radical (unpaired) electrons. The quantitative estimate of drug-likeness (QED) is 0.740. The van der Waals surface area contributed by atoms with Crippen LogP contribution in [0.15, 0.2) is 0 Å². The fourth-order valence-corrected chi connectivity index (χ4v) is 2.02. The maximum absolute atomic E-state index is 11.2. The minimum Gasteiger partial charge on any atom is -0.381 e. The van der Waals surface area contributed by atoms with Crippen LogP contribution < -0.4 is 10.6 Å². The Labute approximate surface area is 98.1 Å². The van der Waals surface area contributed by atoms with Crippen molar-refractivity contribution in [2.24, 2.45) is 0 Å². The minimum atomic E-state index is 0.0223. The van der Waals surface area contributed by atoms with Crippen molar-refractivity contribution in [1.29, 1.82) is 0 Å². The molecule has 1 rings (SSSR count). The number of ether oxygens (including phenoxy) is 1. The zero-order valence-electron chi connectivity index (χ0n) is 10.6. The third kappa shape index (κ3) is 4.94. The molecule has 16 heavy (non-hydrogen) atoms. The standard InChI is InChI=1S/C12H24N2O2/c1-12(2,7-4-11(15)13-3)14-10-5-8-16-9-6-10/h10,14H,4-9H2,1-3H3,(H,13,15). The zero-order chi connectivity index (χ0) is 12.0. The Balaban J connectivity index is 2.28. The molecule has 1 heterocycles. The van der Waals surface area contributed by atoms with Crippen LogP contribution in [0.3, 0.4) is 0 Å². The van der Waals surface area contributed by atoms with Gasteiger partial charge in [0.2, 0.25) is 5.91 Å². The van der Waals surface area contributed by atoms with Crippen LogP contribution in [0.1, 0.15) is 39.5 Å². The van der Waals surface area contributed by atoms with Crippen molar-refractivity contribution in [3.63, 3.8) is 0 Å². The van der Waals surface area contributed by atoms with E-state index in [1.54, 1.807) is 7.05 Å². The van der Waals surface area contributed by atoms with Crippen LogP contribution in [-0.4, -0.2) is 37.7 Å². The summed E-state index contributed by atoms with van der Waals surface area (Å²) in [6.45, 7) is 6.02. The van der Waals surface area contributed by atoms with Gasteiger partial charge in [-0.1, -0.05) is 0 Å². The number of rotatable bonds is 5. The third-order valence-electron chi connectivity index (χ3n) is 3.07. The van der Waals surface area contributed by atoms with E-state index in [-0.39, 0.29) is 11.4 Å². The zero-order valence-corrected chi connectivity index (χ0v) is 10.6. The number of hydrogen-bond acceptors (Lipinski definition) is 3. The third-order valence-corrected chi connectivity index (χ3v) is 3.07. The molecule has 0 aromatic heterocycles. The molecule has 0 atom stereocenters. The van der Waals surface area contributed by atoms with E-state index in [1.165, 1.54) is 0 Å². The Morgan fingerprint density at radius 2 is 2.00 bits per heavy atom. The molecular formula is C12H24N2O2. The van der Waals surface area contributed by atoms with E-state index >= 15 is 0 Å². The minimum absolute atomic E-state index is 0.0223. The highest BCUT2D eigenvalue weighted by atomic mass is 16.5. The molecule has 1 saturated heterocycles. The van der Waals surface area contributed by atoms with Crippen molar-refractivity contribution in [2.45, 2.75) is 51.1 Å². The average molecular weight is 228 g/mol. The molecule has 0 aromatic carbocycles. The lowest BCUT2D eigenvalue weighted by Gasteiger charge is -2.33. The Morgan fingerprint density at radius 3 is 2.56 bits per heavy atom. The van der Waals surface area contributed by atoms with Gasteiger partial charge >= 0.3 is 0 Å². The van der Waals surface area contributed by atoms with Crippen molar-refractivity contribution >= 4 is 5.91 Å². The molecule has 4 heteroatoms. The fourth-order valence-electron chi connectivity index (χ4n) is 2.02. The molecule has 94 valence electrons. The SMILES string of the molecule is CNC(=O)CCC(C)(C)NC1CCOCC1. The van der Waals surface area contributed by atoms with E-state index in [1.807, 2.05) is 0 Å². The number of amides is 1. The van der Waals surface area contributed by atoms with E-state index < -0.39 is 0 Å². The summed E-state index contributed by atoms with van der Waals surface area (Å²) in [5, 5.41) is 6.27. The van der Waals surface area contributed by atoms with Crippen molar-refractivity contribution in [2.75, 3.05) is 20.3 Å². The lowest BCUT2D eigenvalue weighted by atomic mass is 9.95. The second kappa shape index (κ2) is 6.21. The lowest BCUT2D eigenvalue weighted by molar-refractivity contribution is -0.121. The number of carbonyl (C=O) groups is 1. The molecular weight excluding hydrogens is 204 g/mol. The molecule has 1 aliphatic heterocycles. The van der Waals surface area contributed by atoms with Gasteiger partial charge in [-0.25, -0.2) is 0 Å². The Hall–Kier alpha value is -0.610. The maximum atomic E-state index is 11.2. The van der Waals surface area contributed by atoms with E-state index in [9.17, 15) is 4.79 Å². The first-order valence-corrected chi connectivity index (χ1v) is 6.09. The summed E-state index contributed by atoms with van der Waals surface area (Å²) in [6.07, 6.45) is 3.59. The van der Waals surface area contributed by atoms with Crippen LogP contribution in [0.5, 0.6) is 0 Å². The topological polar surface area (TPSA) is 50.4 Å². The van der Waals surface area contributed by atoms with E-state index in [2.05, 4.69) is 24.5 Å². The summed E-state index contributed by atoms with van der Waals surface area (Å²) >= 11 is 0. The summed E-state index contributed by atoms with van der Waals surface area (Å²) in [7, 11) is 1.68. The van der Waals surface area contributed by atoms with Gasteiger partial charge in [0.25, 0.3) is 0 Å². The predicted octanol–water partition coefficient (Wildman–Crippen LogP) is 1.06. The van der Waals surface area contributed by atoms with E-state index in [0.717, 1.165) is 32.5 Å². The van der Waals surface area contributed by atoms with Crippen molar-refractivity contribution in [3.8, 4) is 0 Å². The first-order valence-electron chi connectivity index (χ1n) is 6.09. The van der Waals surface area contributed by atoms with Crippen molar-refractivity contribution in [1.82, 2.24) is 10.6 Å². The second-order valence-corrected chi connectivity index (χ2v) is 5.09. The molecule has 1 fully saturated rings. The fraction of sp³-hybridized carbons (Fsp3) is 0.917. The largest absolute Gasteiger partial charge is 0.381 e. The molecule has 0 bridgehead atoms. The normalized spacial score (nSPS) is 18.4. The predicted molar refractivity (Wildman–Crippen MR) is 64.4 cm³/mol. The van der Waals surface area contributed by atoms with Crippen LogP contribution in [0.2, 0.25) is 0 Å². The summed E-state index contributed by atoms with van der Waals surface area (Å²) in [5.41, 5.74) is 0.0223. The van der Waals surface area contributed by atoms with Gasteiger partial charge in [-0.05, 0) is 33.1 Å². The molecule has 1 aliphatic rings. The Kier molecular flexibility index (Phi) is 5.22. The van der Waals surface area contributed by atoms with Gasteiger partial charge in [-0.2, -0.15) is 0 Å². The molecule has 0 aromatic rings. The number of hydrogen-bond donors (Lipinski definition) is 2. The van der Waals surface area contributed by atoms with E-state index in [0.29, 0.717) is 12.5 Å². The van der Waals surface area contributed by atoms with Crippen LogP contribution in [0.4, 0.5) is 0 Å². The average Bonchev–Trinajstić information content (AvgIpc) is 2.27. The van der Waals surface area contributed by atoms with Crippen LogP contribution >= 0.6 is 0 Å². The van der Waals surface area contributed by atoms with Crippen molar-refractivity contribution in [3.05, 3.63) is 0 Å². The lowest BCUT2D eigenvalue weighted by Crippen LogP contribution is -2.48. The molecule has 1 amide bonds. The van der Waals surface area contributed by atoms with Gasteiger partial charge in [0.05, 0.1) is 0 Å². The number of nitrogens with one attached hydrogen (secondary N) is 2. The van der Waals surface area contributed by atoms with E-state index in [4.69, 9.17) is 4.74 Å². The van der Waals surface area contributed by atoms with Crippen LogP contribution in [0.25, 0.3) is 0 Å². The first kappa shape index (κ1) is 13.5. The van der Waals surface area contributed by atoms with Gasteiger partial charge in [-0.15, -0.1) is 0 Å². The molecule has 0 spiro atoms. The maximum Gasteiger partial charge on any atom is 0.219 e. The molecule has 2 N–H and O–H groups in total. The summed E-state index contributed by atoms with van der Waals surface area (Å²) in [6, 6.07) is 0.536. The monoisotopic (exact) mass is 228 g/mol. The van der Waals surface area contributed by atoms with Crippen molar-refractivity contribution < 1.29 is 9.53 Å². The summed E-state index contributed by atoms with van der Waals surface area (Å²) < 4.78 is 5.33. The van der Waals surface area contributed by atoms with Crippen LogP contribution in [-0.2, 0) is 9.53 Å². The Morgan fingerprint density at radius 1 is 1.38 bits per heavy atom. The van der Waals surface area contributed by atoms with Crippen LogP contribution in [0, 0.1) is 0 Å². The molecule has 0 saturated carbocycles. The second-order valence-electron chi connectivity index (χ2n) is 5.09. The highest BCUT2D eigenvalue weighted by Crippen LogP contribution is 2.16. The highest BCUT2D eigenvalue weighted by molar-refractivity contribution is 5.75. The molecule has 4 nitrogen and oxygen atoms in total. The van der Waals surface area contributed by atoms with Gasteiger partial charge < -0.3 is 15.4 Å². The van der Waals surface area contributed by atoms with Gasteiger partial charge in [0.15, 0.2) is 0 Å². The molecule has 0 unspecified atom stereocenters. The smallest absolute Gasteiger partial charge is 0.219 e. The summed E-state index contributed by atoms with van der Waals surface area (Å²) in [5.74, 6) is 0.113. The van der Waals surface area contributed by atoms with Gasteiger partial charge in [0.1, 0.15) is 0 Å². The first-order chi connectivity index (χ1) is 7.53. The Bertz CT molecular complexity index is 223. The number of carbonyl (C=O) groups excluding carboxylic acids is 1. The van der Waals surface area contributed by atoms with Gasteiger partial charge in [-0.3, -0.25) is 4.79 Å². The van der Waals surface area contributed by atoms with Gasteiger partial charge in [0, 0.05) is 38.3 Å². The highest BCUT2D eigenvalue weighted by Gasteiger charge is 2.24. The molecule has 0 aliphatic carbocycles. The summed E-state index contributed by atoms with van der Waals surface area (Å²) in [4.78, 5) is 11.2.